The molecule has 0 spiro atoms. The van der Waals surface area contributed by atoms with Crippen LogP contribution in [0.1, 0.15) is 46.5 Å². The highest BCUT2D eigenvalue weighted by molar-refractivity contribution is 5.78. The predicted molar refractivity (Wildman–Crippen MR) is 76.0 cm³/mol. The molecule has 0 aliphatic rings. The summed E-state index contributed by atoms with van der Waals surface area (Å²) in [6.07, 6.45) is 2.71. The van der Waals surface area contributed by atoms with E-state index in [0.717, 1.165) is 19.4 Å². The number of nitrogens with one attached hydrogen (secondary N) is 2. The number of rotatable bonds is 11. The maximum Gasteiger partial charge on any atom is 0.303 e. The zero-order chi connectivity index (χ0) is 14.7. The molecule has 112 valence electrons. The minimum Gasteiger partial charge on any atom is -0.481 e. The second-order valence-corrected chi connectivity index (χ2v) is 5.00. The van der Waals surface area contributed by atoms with Crippen molar-refractivity contribution in [3.05, 3.63) is 0 Å². The van der Waals surface area contributed by atoms with Gasteiger partial charge in [0.1, 0.15) is 0 Å². The minimum atomic E-state index is -0.748. The summed E-state index contributed by atoms with van der Waals surface area (Å²) < 4.78 is 0. The van der Waals surface area contributed by atoms with Crippen LogP contribution in [0.4, 0.5) is 0 Å². The van der Waals surface area contributed by atoms with Gasteiger partial charge in [0.05, 0.1) is 0 Å². The molecule has 0 aromatic carbocycles. The van der Waals surface area contributed by atoms with E-state index in [1.807, 2.05) is 13.8 Å². The van der Waals surface area contributed by atoms with Crippen LogP contribution in [0.2, 0.25) is 0 Å². The molecule has 2 atom stereocenters. The Bertz CT molecular complexity index is 269. The SMILES string of the molecule is CCNCC(C)C(=O)NCCC(CC)CCC(=O)O. The number of carbonyl (C=O) groups excluding carboxylic acids is 1. The van der Waals surface area contributed by atoms with E-state index in [9.17, 15) is 9.59 Å². The van der Waals surface area contributed by atoms with Gasteiger partial charge in [-0.2, -0.15) is 0 Å². The van der Waals surface area contributed by atoms with Crippen LogP contribution >= 0.6 is 0 Å². The second kappa shape index (κ2) is 10.8. The topological polar surface area (TPSA) is 78.4 Å². The lowest BCUT2D eigenvalue weighted by Crippen LogP contribution is -2.36. The molecule has 0 fully saturated rings. The van der Waals surface area contributed by atoms with Gasteiger partial charge in [0.25, 0.3) is 0 Å². The Labute approximate surface area is 116 Å². The Morgan fingerprint density at radius 3 is 2.42 bits per heavy atom. The van der Waals surface area contributed by atoms with E-state index in [1.54, 1.807) is 0 Å². The number of amides is 1. The minimum absolute atomic E-state index is 0.0287. The van der Waals surface area contributed by atoms with Crippen molar-refractivity contribution in [3.63, 3.8) is 0 Å². The molecule has 1 amide bonds. The van der Waals surface area contributed by atoms with E-state index in [-0.39, 0.29) is 18.2 Å². The van der Waals surface area contributed by atoms with E-state index >= 15 is 0 Å². The van der Waals surface area contributed by atoms with Gasteiger partial charge >= 0.3 is 5.97 Å². The molecule has 0 saturated heterocycles. The molecule has 5 nitrogen and oxygen atoms in total. The third-order valence-electron chi connectivity index (χ3n) is 3.34. The van der Waals surface area contributed by atoms with Gasteiger partial charge in [-0.25, -0.2) is 0 Å². The second-order valence-electron chi connectivity index (χ2n) is 5.00. The van der Waals surface area contributed by atoms with E-state index in [2.05, 4.69) is 17.6 Å². The van der Waals surface area contributed by atoms with Gasteiger partial charge in [-0.15, -0.1) is 0 Å². The van der Waals surface area contributed by atoms with Gasteiger partial charge in [0, 0.05) is 25.4 Å². The first kappa shape index (κ1) is 17.9. The van der Waals surface area contributed by atoms with Crippen LogP contribution < -0.4 is 10.6 Å². The monoisotopic (exact) mass is 272 g/mol. The fourth-order valence-corrected chi connectivity index (χ4v) is 1.91. The highest BCUT2D eigenvalue weighted by atomic mass is 16.4. The zero-order valence-corrected chi connectivity index (χ0v) is 12.4. The summed E-state index contributed by atoms with van der Waals surface area (Å²) in [5.41, 5.74) is 0. The quantitative estimate of drug-likeness (QED) is 0.534. The molecule has 0 bridgehead atoms. The van der Waals surface area contributed by atoms with E-state index in [1.165, 1.54) is 0 Å². The fourth-order valence-electron chi connectivity index (χ4n) is 1.91. The molecular formula is C14H28N2O3. The Morgan fingerprint density at radius 1 is 1.21 bits per heavy atom. The molecule has 0 aromatic rings. The molecule has 0 radical (unpaired) electrons. The summed E-state index contributed by atoms with van der Waals surface area (Å²) in [6.45, 7) is 8.16. The number of carbonyl (C=O) groups is 2. The lowest BCUT2D eigenvalue weighted by atomic mass is 9.96. The molecular weight excluding hydrogens is 244 g/mol. The molecule has 0 rings (SSSR count). The Hall–Kier alpha value is -1.10. The van der Waals surface area contributed by atoms with Crippen molar-refractivity contribution in [1.29, 1.82) is 0 Å². The largest absolute Gasteiger partial charge is 0.481 e. The summed E-state index contributed by atoms with van der Waals surface area (Å²) in [6, 6.07) is 0. The molecule has 2 unspecified atom stereocenters. The van der Waals surface area contributed by atoms with Crippen LogP contribution in [0, 0.1) is 11.8 Å². The first-order valence-corrected chi connectivity index (χ1v) is 7.21. The fraction of sp³-hybridized carbons (Fsp3) is 0.857. The molecule has 0 aliphatic heterocycles. The molecule has 0 heterocycles. The number of hydrogen-bond donors (Lipinski definition) is 3. The van der Waals surface area contributed by atoms with Crippen LogP contribution in [-0.2, 0) is 9.59 Å². The first-order valence-electron chi connectivity index (χ1n) is 7.21. The van der Waals surface area contributed by atoms with Crippen LogP contribution in [0.25, 0.3) is 0 Å². The zero-order valence-electron chi connectivity index (χ0n) is 12.4. The van der Waals surface area contributed by atoms with Gasteiger partial charge in [-0.05, 0) is 25.3 Å². The summed E-state index contributed by atoms with van der Waals surface area (Å²) >= 11 is 0. The number of carboxylic acid groups (broad SMARTS) is 1. The highest BCUT2D eigenvalue weighted by Crippen LogP contribution is 2.14. The molecule has 5 heteroatoms. The normalized spacial score (nSPS) is 13.8. The van der Waals surface area contributed by atoms with Crippen molar-refractivity contribution < 1.29 is 14.7 Å². The maximum absolute atomic E-state index is 11.7. The average molecular weight is 272 g/mol. The van der Waals surface area contributed by atoms with Crippen LogP contribution in [-0.4, -0.2) is 36.6 Å². The Morgan fingerprint density at radius 2 is 1.89 bits per heavy atom. The van der Waals surface area contributed by atoms with Crippen molar-refractivity contribution in [2.45, 2.75) is 46.5 Å². The third-order valence-corrected chi connectivity index (χ3v) is 3.34. The van der Waals surface area contributed by atoms with Crippen molar-refractivity contribution in [1.82, 2.24) is 10.6 Å². The molecule has 0 aliphatic carbocycles. The van der Waals surface area contributed by atoms with Gasteiger partial charge in [-0.1, -0.05) is 27.2 Å². The number of aliphatic carboxylic acids is 1. The predicted octanol–water partition coefficient (Wildman–Crippen LogP) is 1.63. The molecule has 0 saturated carbocycles. The Balaban J connectivity index is 3.79. The van der Waals surface area contributed by atoms with Crippen LogP contribution in [0.3, 0.4) is 0 Å². The number of carboxylic acids is 1. The van der Waals surface area contributed by atoms with Gasteiger partial charge < -0.3 is 15.7 Å². The molecule has 3 N–H and O–H groups in total. The number of hydrogen-bond acceptors (Lipinski definition) is 3. The lowest BCUT2D eigenvalue weighted by Gasteiger charge is -2.16. The summed E-state index contributed by atoms with van der Waals surface area (Å²) in [5, 5.41) is 14.7. The van der Waals surface area contributed by atoms with Crippen LogP contribution in [0.15, 0.2) is 0 Å². The lowest BCUT2D eigenvalue weighted by molar-refractivity contribution is -0.137. The van der Waals surface area contributed by atoms with Crippen molar-refractivity contribution in [2.75, 3.05) is 19.6 Å². The summed E-state index contributed by atoms with van der Waals surface area (Å²) in [4.78, 5) is 22.3. The average Bonchev–Trinajstić information content (AvgIpc) is 2.39. The van der Waals surface area contributed by atoms with E-state index < -0.39 is 5.97 Å². The standard InChI is InChI=1S/C14H28N2O3/c1-4-12(6-7-13(17)18)8-9-16-14(19)11(3)10-15-5-2/h11-12,15H,4-10H2,1-3H3,(H,16,19)(H,17,18). The van der Waals surface area contributed by atoms with Gasteiger partial charge in [0.2, 0.25) is 5.91 Å². The van der Waals surface area contributed by atoms with Crippen LogP contribution in [0.5, 0.6) is 0 Å². The highest BCUT2D eigenvalue weighted by Gasteiger charge is 2.13. The third kappa shape index (κ3) is 9.47. The van der Waals surface area contributed by atoms with Gasteiger partial charge in [-0.3, -0.25) is 9.59 Å². The molecule has 19 heavy (non-hydrogen) atoms. The summed E-state index contributed by atoms with van der Waals surface area (Å²) in [5.74, 6) is -0.338. The van der Waals surface area contributed by atoms with Crippen molar-refractivity contribution in [3.8, 4) is 0 Å². The summed E-state index contributed by atoms with van der Waals surface area (Å²) in [7, 11) is 0. The van der Waals surface area contributed by atoms with Crippen molar-refractivity contribution in [2.24, 2.45) is 11.8 Å². The van der Waals surface area contributed by atoms with Gasteiger partial charge in [0.15, 0.2) is 0 Å². The molecule has 0 aromatic heterocycles. The Kier molecular flexibility index (Phi) is 10.2. The van der Waals surface area contributed by atoms with E-state index in [4.69, 9.17) is 5.11 Å². The maximum atomic E-state index is 11.7. The van der Waals surface area contributed by atoms with E-state index in [0.29, 0.717) is 25.4 Å². The first-order chi connectivity index (χ1) is 9.01. The van der Waals surface area contributed by atoms with Crippen molar-refractivity contribution >= 4 is 11.9 Å². The smallest absolute Gasteiger partial charge is 0.303 e.